The highest BCUT2D eigenvalue weighted by Crippen LogP contribution is 2.35. The molecule has 1 aromatic carbocycles. The molecule has 2 aromatic rings. The number of hydrogen-bond acceptors (Lipinski definition) is 5. The molecule has 2 rings (SSSR count). The van der Waals surface area contributed by atoms with Crippen LogP contribution in [0.5, 0.6) is 5.75 Å². The summed E-state index contributed by atoms with van der Waals surface area (Å²) in [4.78, 5) is 1.18. The predicted octanol–water partition coefficient (Wildman–Crippen LogP) is 3.76. The van der Waals surface area contributed by atoms with Crippen LogP contribution < -0.4 is 10.1 Å². The second-order valence-corrected chi connectivity index (χ2v) is 6.09. The molecule has 114 valence electrons. The quantitative estimate of drug-likeness (QED) is 0.846. The molecule has 0 radical (unpaired) electrons. The Balaban J connectivity index is 2.45. The van der Waals surface area contributed by atoms with Crippen molar-refractivity contribution in [3.05, 3.63) is 40.4 Å². The molecule has 0 aliphatic heterocycles. The number of ether oxygens (including phenoxy) is 1. The van der Waals surface area contributed by atoms with E-state index in [1.807, 2.05) is 18.2 Å². The van der Waals surface area contributed by atoms with Crippen molar-refractivity contribution >= 4 is 11.5 Å². The van der Waals surface area contributed by atoms with Gasteiger partial charge in [-0.15, -0.1) is 5.10 Å². The van der Waals surface area contributed by atoms with Crippen LogP contribution in [0.25, 0.3) is 0 Å². The van der Waals surface area contributed by atoms with Gasteiger partial charge in [-0.3, -0.25) is 0 Å². The molecule has 0 bridgehead atoms. The minimum atomic E-state index is 0.0819. The molecule has 0 saturated carbocycles. The molecule has 1 aromatic heterocycles. The van der Waals surface area contributed by atoms with Crippen molar-refractivity contribution in [3.63, 3.8) is 0 Å². The van der Waals surface area contributed by atoms with E-state index in [1.165, 1.54) is 16.4 Å². The van der Waals surface area contributed by atoms with Gasteiger partial charge in [-0.1, -0.05) is 43.5 Å². The molecule has 1 unspecified atom stereocenters. The van der Waals surface area contributed by atoms with E-state index in [9.17, 15) is 0 Å². The maximum absolute atomic E-state index is 5.53. The highest BCUT2D eigenvalue weighted by atomic mass is 32.1. The molecule has 0 aliphatic carbocycles. The summed E-state index contributed by atoms with van der Waals surface area (Å²) in [5, 5.41) is 7.92. The van der Waals surface area contributed by atoms with Crippen molar-refractivity contribution in [2.45, 2.75) is 39.2 Å². The van der Waals surface area contributed by atoms with Gasteiger partial charge in [-0.25, -0.2) is 0 Å². The average Bonchev–Trinajstić information content (AvgIpc) is 2.98. The van der Waals surface area contributed by atoms with Crippen molar-refractivity contribution in [3.8, 4) is 5.75 Å². The van der Waals surface area contributed by atoms with E-state index >= 15 is 0 Å². The maximum Gasteiger partial charge on any atom is 0.124 e. The van der Waals surface area contributed by atoms with Gasteiger partial charge in [-0.2, -0.15) is 0 Å². The normalized spacial score (nSPS) is 12.6. The lowest BCUT2D eigenvalue weighted by Gasteiger charge is -2.21. The molecule has 1 N–H and O–H groups in total. The summed E-state index contributed by atoms with van der Waals surface area (Å²) in [6.45, 7) is 7.41. The van der Waals surface area contributed by atoms with Gasteiger partial charge in [0, 0.05) is 5.56 Å². The lowest BCUT2D eigenvalue weighted by Crippen LogP contribution is -2.24. The van der Waals surface area contributed by atoms with Crippen LogP contribution >= 0.6 is 11.5 Å². The van der Waals surface area contributed by atoms with E-state index in [4.69, 9.17) is 4.74 Å². The van der Waals surface area contributed by atoms with Crippen molar-refractivity contribution in [2.24, 2.45) is 0 Å². The number of rotatable bonds is 7. The van der Waals surface area contributed by atoms with Gasteiger partial charge in [0.05, 0.1) is 23.7 Å². The van der Waals surface area contributed by atoms with Crippen LogP contribution in [0, 0.1) is 0 Å². The van der Waals surface area contributed by atoms with E-state index in [1.54, 1.807) is 7.11 Å². The number of para-hydroxylation sites is 1. The lowest BCUT2D eigenvalue weighted by molar-refractivity contribution is 0.404. The van der Waals surface area contributed by atoms with E-state index in [0.717, 1.165) is 30.0 Å². The zero-order chi connectivity index (χ0) is 15.2. The fourth-order valence-electron chi connectivity index (χ4n) is 2.34. The second kappa shape index (κ2) is 7.52. The van der Waals surface area contributed by atoms with Crippen molar-refractivity contribution in [1.29, 1.82) is 0 Å². The summed E-state index contributed by atoms with van der Waals surface area (Å²) in [6, 6.07) is 8.23. The Morgan fingerprint density at radius 3 is 2.71 bits per heavy atom. The summed E-state index contributed by atoms with van der Waals surface area (Å²) < 4.78 is 9.69. The van der Waals surface area contributed by atoms with Gasteiger partial charge in [0.15, 0.2) is 0 Å². The molecular formula is C16H23N3OS. The third-order valence-electron chi connectivity index (χ3n) is 3.40. The Labute approximate surface area is 130 Å². The average molecular weight is 305 g/mol. The van der Waals surface area contributed by atoms with Gasteiger partial charge in [0.2, 0.25) is 0 Å². The summed E-state index contributed by atoms with van der Waals surface area (Å²) in [7, 11) is 1.71. The molecule has 0 fully saturated rings. The highest BCUT2D eigenvalue weighted by molar-refractivity contribution is 7.05. The molecule has 0 amide bonds. The van der Waals surface area contributed by atoms with Crippen molar-refractivity contribution in [2.75, 3.05) is 13.7 Å². The van der Waals surface area contributed by atoms with Gasteiger partial charge < -0.3 is 10.1 Å². The van der Waals surface area contributed by atoms with Crippen LogP contribution in [0.3, 0.4) is 0 Å². The number of benzene rings is 1. The van der Waals surface area contributed by atoms with E-state index in [2.05, 4.69) is 41.7 Å². The Hall–Kier alpha value is -1.46. The number of aromatic nitrogens is 2. The van der Waals surface area contributed by atoms with Crippen LogP contribution in [0.4, 0.5) is 0 Å². The van der Waals surface area contributed by atoms with Crippen molar-refractivity contribution < 1.29 is 4.74 Å². The smallest absolute Gasteiger partial charge is 0.124 e. The summed E-state index contributed by atoms with van der Waals surface area (Å²) in [5.74, 6) is 1.26. The van der Waals surface area contributed by atoms with Crippen LogP contribution in [0.15, 0.2) is 24.3 Å². The van der Waals surface area contributed by atoms with Crippen molar-refractivity contribution in [1.82, 2.24) is 14.9 Å². The minimum absolute atomic E-state index is 0.0819. The number of nitrogens with one attached hydrogen (secondary N) is 1. The Morgan fingerprint density at radius 1 is 1.29 bits per heavy atom. The number of nitrogens with zero attached hydrogens (tertiary/aromatic N) is 2. The molecule has 4 nitrogen and oxygen atoms in total. The zero-order valence-corrected chi connectivity index (χ0v) is 13.9. The number of methoxy groups -OCH3 is 1. The molecule has 5 heteroatoms. The molecule has 1 heterocycles. The Kier molecular flexibility index (Phi) is 5.70. The third-order valence-corrected chi connectivity index (χ3v) is 4.20. The van der Waals surface area contributed by atoms with Gasteiger partial charge in [0.1, 0.15) is 5.75 Å². The van der Waals surface area contributed by atoms with Crippen LogP contribution in [-0.4, -0.2) is 23.2 Å². The first-order valence-electron chi connectivity index (χ1n) is 7.37. The first kappa shape index (κ1) is 15.9. The molecule has 0 spiro atoms. The molecule has 0 aliphatic rings. The predicted molar refractivity (Wildman–Crippen MR) is 87.1 cm³/mol. The summed E-state index contributed by atoms with van der Waals surface area (Å²) in [6.07, 6.45) is 1.08. The van der Waals surface area contributed by atoms with Gasteiger partial charge in [-0.05, 0) is 36.5 Å². The first-order valence-corrected chi connectivity index (χ1v) is 8.14. The SMILES string of the molecule is CCCNC(c1ccccc1OC)c1snnc1C(C)C. The Bertz CT molecular complexity index is 568. The fourth-order valence-corrected chi connectivity index (χ4v) is 3.24. The molecule has 0 saturated heterocycles. The maximum atomic E-state index is 5.53. The summed E-state index contributed by atoms with van der Waals surface area (Å²) in [5.41, 5.74) is 2.21. The monoisotopic (exact) mass is 305 g/mol. The van der Waals surface area contributed by atoms with E-state index in [-0.39, 0.29) is 6.04 Å². The molecular weight excluding hydrogens is 282 g/mol. The first-order chi connectivity index (χ1) is 10.2. The van der Waals surface area contributed by atoms with Crippen LogP contribution in [0.2, 0.25) is 0 Å². The van der Waals surface area contributed by atoms with Crippen LogP contribution in [-0.2, 0) is 0 Å². The topological polar surface area (TPSA) is 47.0 Å². The molecule has 1 atom stereocenters. The summed E-state index contributed by atoms with van der Waals surface area (Å²) >= 11 is 1.47. The largest absolute Gasteiger partial charge is 0.496 e. The minimum Gasteiger partial charge on any atom is -0.496 e. The standard InChI is InChI=1S/C16H23N3OS/c1-5-10-17-15(12-8-6-7-9-13(12)20-4)16-14(11(2)3)18-19-21-16/h6-9,11,15,17H,5,10H2,1-4H3. The van der Waals surface area contributed by atoms with Crippen LogP contribution in [0.1, 0.15) is 55.3 Å². The zero-order valence-electron chi connectivity index (χ0n) is 13.1. The highest BCUT2D eigenvalue weighted by Gasteiger charge is 2.24. The number of hydrogen-bond donors (Lipinski definition) is 1. The fraction of sp³-hybridized carbons (Fsp3) is 0.500. The van der Waals surface area contributed by atoms with Gasteiger partial charge >= 0.3 is 0 Å². The Morgan fingerprint density at radius 2 is 2.05 bits per heavy atom. The van der Waals surface area contributed by atoms with Gasteiger partial charge in [0.25, 0.3) is 0 Å². The van der Waals surface area contributed by atoms with E-state index < -0.39 is 0 Å². The molecule has 21 heavy (non-hydrogen) atoms. The second-order valence-electron chi connectivity index (χ2n) is 5.31. The van der Waals surface area contributed by atoms with E-state index in [0.29, 0.717) is 5.92 Å². The lowest BCUT2D eigenvalue weighted by atomic mass is 9.99. The third kappa shape index (κ3) is 3.60.